The Bertz CT molecular complexity index is 1210. The molecule has 2 aromatic carbocycles. The Balaban J connectivity index is 1.56. The number of carbonyl (C=O) groups excluding carboxylic acids is 1. The van der Waals surface area contributed by atoms with Crippen LogP contribution < -0.4 is 15.1 Å². The number of amides is 1. The van der Waals surface area contributed by atoms with Crippen molar-refractivity contribution in [3.05, 3.63) is 59.3 Å². The van der Waals surface area contributed by atoms with Gasteiger partial charge in [-0.3, -0.25) is 4.79 Å². The summed E-state index contributed by atoms with van der Waals surface area (Å²) in [4.78, 5) is 24.6. The lowest BCUT2D eigenvalue weighted by molar-refractivity contribution is -0.892. The molecule has 1 aromatic heterocycles. The Morgan fingerprint density at radius 3 is 2.33 bits per heavy atom. The minimum Gasteiger partial charge on any atom is -0.431 e. The van der Waals surface area contributed by atoms with E-state index in [4.69, 9.17) is 4.98 Å². The number of nitrogens with one attached hydrogen (secondary N) is 2. The molecule has 9 nitrogen and oxygen atoms in total. The van der Waals surface area contributed by atoms with Gasteiger partial charge in [-0.15, -0.1) is 0 Å². The first-order valence-corrected chi connectivity index (χ1v) is 12.6. The number of aromatic nitrogens is 2. The first-order chi connectivity index (χ1) is 16.0. The number of hydrogen-bond acceptors (Lipinski definition) is 6. The molecule has 2 N–H and O–H groups in total. The molecule has 10 heteroatoms. The van der Waals surface area contributed by atoms with Crippen LogP contribution in [0.1, 0.15) is 13.3 Å². The molecule has 0 bridgehead atoms. The standard InChI is InChI=1S/C23H28N6O3S/c1-2-12-24-21(30)17-28-13-15-29(16-14-28)23-22(25-19-10-6-7-11-20(19)26-23)27-33(31,32)18-8-4-3-5-9-18/h3-11H,2,12-17H2,1H3,(H2,24,25,27,30). The molecule has 33 heavy (non-hydrogen) atoms. The van der Waals surface area contributed by atoms with Crippen LogP contribution in [0.3, 0.4) is 0 Å². The topological polar surface area (TPSA) is 111 Å². The third kappa shape index (κ3) is 5.58. The number of para-hydroxylation sites is 2. The van der Waals surface area contributed by atoms with Crippen molar-refractivity contribution in [2.45, 2.75) is 18.2 Å². The highest BCUT2D eigenvalue weighted by atomic mass is 32.2. The fourth-order valence-electron chi connectivity index (χ4n) is 3.78. The number of hydrogen-bond donors (Lipinski definition) is 2. The smallest absolute Gasteiger partial charge is 0.275 e. The van der Waals surface area contributed by atoms with Crippen molar-refractivity contribution in [1.29, 1.82) is 0 Å². The third-order valence-corrected chi connectivity index (χ3v) is 6.82. The number of rotatable bonds is 8. The summed E-state index contributed by atoms with van der Waals surface area (Å²) in [6, 6.07) is 15.4. The number of carbonyl (C=O) groups is 1. The van der Waals surface area contributed by atoms with Crippen LogP contribution in [-0.4, -0.2) is 63.6 Å². The highest BCUT2D eigenvalue weighted by molar-refractivity contribution is 7.94. The van der Waals surface area contributed by atoms with Gasteiger partial charge in [0.15, 0.2) is 6.54 Å². The fraction of sp³-hybridized carbons (Fsp3) is 0.348. The van der Waals surface area contributed by atoms with E-state index >= 15 is 0 Å². The molecule has 174 valence electrons. The van der Waals surface area contributed by atoms with E-state index < -0.39 is 10.0 Å². The van der Waals surface area contributed by atoms with Gasteiger partial charge in [-0.05, 0) is 36.0 Å². The lowest BCUT2D eigenvalue weighted by atomic mass is 10.2. The number of piperazine rings is 1. The summed E-state index contributed by atoms with van der Waals surface area (Å²) in [6.07, 6.45) is 0.910. The molecule has 3 aromatic rings. The van der Waals surface area contributed by atoms with Gasteiger partial charge >= 0.3 is 0 Å². The summed E-state index contributed by atoms with van der Waals surface area (Å²) in [7, 11) is -3.94. The van der Waals surface area contributed by atoms with E-state index in [-0.39, 0.29) is 16.6 Å². The molecular formula is C23H28N6O3S. The van der Waals surface area contributed by atoms with Crippen LogP contribution in [-0.2, 0) is 14.8 Å². The number of benzene rings is 2. The van der Waals surface area contributed by atoms with Crippen molar-refractivity contribution < 1.29 is 18.1 Å². The van der Waals surface area contributed by atoms with Crippen molar-refractivity contribution in [2.24, 2.45) is 0 Å². The van der Waals surface area contributed by atoms with Gasteiger partial charge in [-0.2, -0.15) is 0 Å². The lowest BCUT2D eigenvalue weighted by Crippen LogP contribution is -3.16. The lowest BCUT2D eigenvalue weighted by Gasteiger charge is -2.35. The largest absolute Gasteiger partial charge is 0.431 e. The first kappa shape index (κ1) is 22.9. The normalized spacial score (nSPS) is 14.9. The molecule has 0 aliphatic carbocycles. The van der Waals surface area contributed by atoms with Crippen LogP contribution in [0.4, 0.5) is 11.6 Å². The monoisotopic (exact) mass is 468 g/mol. The Labute approximate surface area is 193 Å². The zero-order chi connectivity index (χ0) is 23.3. The molecular weight excluding hydrogens is 440 g/mol. The molecule has 0 spiro atoms. The minimum atomic E-state index is -3.94. The van der Waals surface area contributed by atoms with E-state index in [0.717, 1.165) is 19.5 Å². The predicted molar refractivity (Wildman–Crippen MR) is 127 cm³/mol. The van der Waals surface area contributed by atoms with Crippen LogP contribution in [0.15, 0.2) is 59.5 Å². The number of sulfonamides is 1. The Morgan fingerprint density at radius 1 is 1.03 bits per heavy atom. The second-order valence-corrected chi connectivity index (χ2v) is 9.61. The summed E-state index contributed by atoms with van der Waals surface area (Å²) in [6.45, 7) is 5.85. The van der Waals surface area contributed by atoms with Crippen LogP contribution in [0.2, 0.25) is 0 Å². The van der Waals surface area contributed by atoms with Crippen LogP contribution in [0.25, 0.3) is 15.8 Å². The van der Waals surface area contributed by atoms with E-state index in [1.54, 1.807) is 24.3 Å². The van der Waals surface area contributed by atoms with Gasteiger partial charge in [0.05, 0.1) is 36.6 Å². The van der Waals surface area contributed by atoms with Crippen LogP contribution >= 0.6 is 0 Å². The molecule has 4 rings (SSSR count). The quantitative estimate of drug-likeness (QED) is 0.515. The molecule has 1 amide bonds. The molecule has 0 radical (unpaired) electrons. The van der Waals surface area contributed by atoms with Crippen LogP contribution in [0.5, 0.6) is 0 Å². The fourth-order valence-corrected chi connectivity index (χ4v) is 4.74. The zero-order valence-electron chi connectivity index (χ0n) is 18.6. The molecule has 1 aliphatic heterocycles. The average Bonchev–Trinajstić information content (AvgIpc) is 2.83. The van der Waals surface area contributed by atoms with Gasteiger partial charge in [-0.25, -0.2) is 13.4 Å². The predicted octanol–water partition coefficient (Wildman–Crippen LogP) is 1.26. The number of quaternary nitrogens is 1. The second-order valence-electron chi connectivity index (χ2n) is 8.00. The molecule has 0 unspecified atom stereocenters. The molecule has 2 heterocycles. The van der Waals surface area contributed by atoms with Crippen molar-refractivity contribution in [3.63, 3.8) is 0 Å². The number of fused-ring (bicyclic) bond motifs is 1. The zero-order valence-corrected chi connectivity index (χ0v) is 19.4. The van der Waals surface area contributed by atoms with E-state index in [1.807, 2.05) is 30.0 Å². The van der Waals surface area contributed by atoms with Gasteiger partial charge in [0.2, 0.25) is 10.0 Å². The van der Waals surface area contributed by atoms with Crippen molar-refractivity contribution in [3.8, 4) is 0 Å². The summed E-state index contributed by atoms with van der Waals surface area (Å²) >= 11 is 0. The molecule has 1 fully saturated rings. The Hall–Kier alpha value is -3.24. The maximum absolute atomic E-state index is 12.9. The van der Waals surface area contributed by atoms with E-state index in [0.29, 0.717) is 43.0 Å². The number of anilines is 1. The van der Waals surface area contributed by atoms with Crippen LogP contribution in [0, 0.1) is 0 Å². The van der Waals surface area contributed by atoms with Gasteiger partial charge in [0.25, 0.3) is 5.91 Å². The van der Waals surface area contributed by atoms with E-state index in [9.17, 15) is 13.2 Å². The Morgan fingerprint density at radius 2 is 1.67 bits per heavy atom. The first-order valence-electron chi connectivity index (χ1n) is 11.1. The van der Waals surface area contributed by atoms with Crippen molar-refractivity contribution in [2.75, 3.05) is 44.2 Å². The van der Waals surface area contributed by atoms with E-state index in [2.05, 4.69) is 15.0 Å². The summed E-state index contributed by atoms with van der Waals surface area (Å²) in [5, 5.41) is 2.92. The van der Waals surface area contributed by atoms with E-state index in [1.165, 1.54) is 17.0 Å². The summed E-state index contributed by atoms with van der Waals surface area (Å²) in [5.74, 6) is 0.583. The molecule has 0 atom stereocenters. The minimum absolute atomic E-state index is 0.0513. The van der Waals surface area contributed by atoms with Gasteiger partial charge in [-0.1, -0.05) is 43.3 Å². The third-order valence-electron chi connectivity index (χ3n) is 5.53. The van der Waals surface area contributed by atoms with Gasteiger partial charge in [0.1, 0.15) is 5.82 Å². The highest BCUT2D eigenvalue weighted by Crippen LogP contribution is 2.35. The van der Waals surface area contributed by atoms with Gasteiger partial charge in [0, 0.05) is 6.54 Å². The SMILES string of the molecule is CCCNC(=O)C[NH+]1CCN(c2nc3ccccc3nc2[N-]S(=O)(=O)c2ccccc2)CC1. The maximum Gasteiger partial charge on any atom is 0.275 e. The Kier molecular flexibility index (Phi) is 7.05. The highest BCUT2D eigenvalue weighted by Gasteiger charge is 2.24. The maximum atomic E-state index is 12.9. The molecule has 0 saturated carbocycles. The number of nitrogens with zero attached hydrogens (tertiary/aromatic N) is 4. The average molecular weight is 469 g/mol. The van der Waals surface area contributed by atoms with Gasteiger partial charge < -0.3 is 24.8 Å². The van der Waals surface area contributed by atoms with Crippen molar-refractivity contribution in [1.82, 2.24) is 15.3 Å². The second kappa shape index (κ2) is 10.1. The van der Waals surface area contributed by atoms with Crippen molar-refractivity contribution >= 4 is 38.6 Å². The molecule has 1 aliphatic rings. The summed E-state index contributed by atoms with van der Waals surface area (Å²) in [5.41, 5.74) is 1.26. The molecule has 1 saturated heterocycles. The summed E-state index contributed by atoms with van der Waals surface area (Å²) < 4.78 is 29.9.